The Hall–Kier alpha value is -1.92. The highest BCUT2D eigenvalue weighted by Crippen LogP contribution is 2.21. The Balaban J connectivity index is 2.23. The maximum Gasteiger partial charge on any atom is 0.331 e. The lowest BCUT2D eigenvalue weighted by atomic mass is 10.2. The molecule has 1 amide bonds. The van der Waals surface area contributed by atoms with Gasteiger partial charge in [-0.25, -0.2) is 4.79 Å². The molecule has 0 spiro atoms. The van der Waals surface area contributed by atoms with Crippen LogP contribution in [0, 0.1) is 6.92 Å². The number of hydrogen-bond acceptors (Lipinski definition) is 4. The third-order valence-electron chi connectivity index (χ3n) is 2.58. The number of amides is 1. The standard InChI is InChI=1S/C13H11ClN2O3S/c1-7-5-9(14)8(6-15-7)12(17)16-11(13(18)19)10-3-2-4-20-10/h2-6,11H,1H3,(H,16,17)(H,18,19). The fourth-order valence-corrected chi connectivity index (χ4v) is 2.67. The predicted octanol–water partition coefficient (Wildman–Crippen LogP) is 2.66. The predicted molar refractivity (Wildman–Crippen MR) is 76.1 cm³/mol. The Morgan fingerprint density at radius 1 is 1.50 bits per heavy atom. The summed E-state index contributed by atoms with van der Waals surface area (Å²) in [4.78, 5) is 27.9. The number of pyridine rings is 1. The van der Waals surface area contributed by atoms with Crippen molar-refractivity contribution < 1.29 is 14.7 Å². The Labute approximate surface area is 124 Å². The highest BCUT2D eigenvalue weighted by atomic mass is 35.5. The monoisotopic (exact) mass is 310 g/mol. The van der Waals surface area contributed by atoms with Crippen LogP contribution in [-0.2, 0) is 4.79 Å². The Morgan fingerprint density at radius 2 is 2.25 bits per heavy atom. The van der Waals surface area contributed by atoms with E-state index in [0.717, 1.165) is 0 Å². The highest BCUT2D eigenvalue weighted by Gasteiger charge is 2.24. The van der Waals surface area contributed by atoms with E-state index in [1.807, 2.05) is 0 Å². The number of aliphatic carboxylic acids is 1. The number of hydrogen-bond donors (Lipinski definition) is 2. The van der Waals surface area contributed by atoms with Crippen LogP contribution >= 0.6 is 22.9 Å². The zero-order valence-corrected chi connectivity index (χ0v) is 12.0. The number of aryl methyl sites for hydroxylation is 1. The molecular weight excluding hydrogens is 300 g/mol. The number of thiophene rings is 1. The van der Waals surface area contributed by atoms with Gasteiger partial charge in [0.05, 0.1) is 10.6 Å². The Kier molecular flexibility index (Phi) is 4.36. The van der Waals surface area contributed by atoms with Gasteiger partial charge in [0.25, 0.3) is 5.91 Å². The molecule has 0 fully saturated rings. The zero-order valence-electron chi connectivity index (χ0n) is 10.5. The molecule has 2 aromatic heterocycles. The molecule has 1 unspecified atom stereocenters. The second kappa shape index (κ2) is 6.02. The van der Waals surface area contributed by atoms with E-state index in [1.54, 1.807) is 30.5 Å². The molecule has 0 aliphatic heterocycles. The lowest BCUT2D eigenvalue weighted by Crippen LogP contribution is -2.33. The third kappa shape index (κ3) is 3.15. The van der Waals surface area contributed by atoms with Crippen molar-refractivity contribution in [2.24, 2.45) is 0 Å². The van der Waals surface area contributed by atoms with E-state index in [9.17, 15) is 14.7 Å². The first-order valence-corrected chi connectivity index (χ1v) is 6.94. The average molecular weight is 311 g/mol. The number of carboxylic acid groups (broad SMARTS) is 1. The van der Waals surface area contributed by atoms with Crippen LogP contribution in [0.2, 0.25) is 5.02 Å². The van der Waals surface area contributed by atoms with E-state index in [4.69, 9.17) is 11.6 Å². The van der Waals surface area contributed by atoms with Crippen molar-refractivity contribution in [3.63, 3.8) is 0 Å². The van der Waals surface area contributed by atoms with E-state index in [-0.39, 0.29) is 10.6 Å². The van der Waals surface area contributed by atoms with E-state index in [0.29, 0.717) is 10.6 Å². The molecule has 0 radical (unpaired) electrons. The molecule has 104 valence electrons. The molecule has 7 heteroatoms. The molecule has 0 aromatic carbocycles. The van der Waals surface area contributed by atoms with Crippen molar-refractivity contribution in [2.75, 3.05) is 0 Å². The Bertz CT molecular complexity index is 643. The van der Waals surface area contributed by atoms with Gasteiger partial charge in [-0.05, 0) is 24.4 Å². The van der Waals surface area contributed by atoms with Crippen LogP contribution in [0.1, 0.15) is 27.0 Å². The van der Waals surface area contributed by atoms with Gasteiger partial charge in [0.1, 0.15) is 0 Å². The smallest absolute Gasteiger partial charge is 0.331 e. The minimum Gasteiger partial charge on any atom is -0.479 e. The second-order valence-corrected chi connectivity index (χ2v) is 5.45. The number of carbonyl (C=O) groups is 2. The van der Waals surface area contributed by atoms with Crippen LogP contribution < -0.4 is 5.32 Å². The van der Waals surface area contributed by atoms with Crippen LogP contribution in [0.3, 0.4) is 0 Å². The van der Waals surface area contributed by atoms with Gasteiger partial charge in [-0.1, -0.05) is 17.7 Å². The first kappa shape index (κ1) is 14.5. The van der Waals surface area contributed by atoms with Crippen LogP contribution in [0.25, 0.3) is 0 Å². The SMILES string of the molecule is Cc1cc(Cl)c(C(=O)NC(C(=O)O)c2cccs2)cn1. The minimum atomic E-state index is -1.13. The zero-order chi connectivity index (χ0) is 14.7. The van der Waals surface area contributed by atoms with Crippen molar-refractivity contribution in [3.05, 3.63) is 50.9 Å². The number of nitrogens with one attached hydrogen (secondary N) is 1. The quantitative estimate of drug-likeness (QED) is 0.910. The van der Waals surface area contributed by atoms with Gasteiger partial charge in [-0.15, -0.1) is 11.3 Å². The fraction of sp³-hybridized carbons (Fsp3) is 0.154. The van der Waals surface area contributed by atoms with Crippen LogP contribution in [0.5, 0.6) is 0 Å². The van der Waals surface area contributed by atoms with E-state index in [1.165, 1.54) is 17.5 Å². The normalized spacial score (nSPS) is 11.9. The van der Waals surface area contributed by atoms with Gasteiger partial charge in [0.15, 0.2) is 6.04 Å². The summed E-state index contributed by atoms with van der Waals surface area (Å²) in [6.45, 7) is 1.75. The fourth-order valence-electron chi connectivity index (χ4n) is 1.61. The summed E-state index contributed by atoms with van der Waals surface area (Å²) in [5.74, 6) is -1.69. The molecule has 0 saturated heterocycles. The molecule has 2 heterocycles. The van der Waals surface area contributed by atoms with Gasteiger partial charge in [0, 0.05) is 16.8 Å². The van der Waals surface area contributed by atoms with Crippen LogP contribution in [0.15, 0.2) is 29.8 Å². The molecular formula is C13H11ClN2O3S. The average Bonchev–Trinajstić information content (AvgIpc) is 2.88. The highest BCUT2D eigenvalue weighted by molar-refractivity contribution is 7.10. The van der Waals surface area contributed by atoms with Gasteiger partial charge in [-0.2, -0.15) is 0 Å². The molecule has 2 rings (SSSR count). The number of aromatic nitrogens is 1. The third-order valence-corrected chi connectivity index (χ3v) is 3.83. The minimum absolute atomic E-state index is 0.153. The first-order valence-electron chi connectivity index (χ1n) is 5.68. The van der Waals surface area contributed by atoms with Gasteiger partial charge >= 0.3 is 5.97 Å². The van der Waals surface area contributed by atoms with Gasteiger partial charge in [0.2, 0.25) is 0 Å². The molecule has 0 aliphatic rings. The molecule has 5 nitrogen and oxygen atoms in total. The largest absolute Gasteiger partial charge is 0.479 e. The van der Waals surface area contributed by atoms with Crippen LogP contribution in [0.4, 0.5) is 0 Å². The summed E-state index contributed by atoms with van der Waals surface area (Å²) in [5, 5.41) is 13.6. The van der Waals surface area contributed by atoms with Crippen molar-refractivity contribution in [3.8, 4) is 0 Å². The number of rotatable bonds is 4. The number of nitrogens with zero attached hydrogens (tertiary/aromatic N) is 1. The first-order chi connectivity index (χ1) is 9.49. The molecule has 2 N–H and O–H groups in total. The molecule has 0 saturated carbocycles. The van der Waals surface area contributed by atoms with Crippen molar-refractivity contribution >= 4 is 34.8 Å². The van der Waals surface area contributed by atoms with E-state index < -0.39 is 17.9 Å². The van der Waals surface area contributed by atoms with Gasteiger partial charge in [-0.3, -0.25) is 9.78 Å². The van der Waals surface area contributed by atoms with E-state index >= 15 is 0 Å². The Morgan fingerprint density at radius 3 is 2.80 bits per heavy atom. The number of carbonyl (C=O) groups excluding carboxylic acids is 1. The van der Waals surface area contributed by atoms with Crippen molar-refractivity contribution in [1.82, 2.24) is 10.3 Å². The lowest BCUT2D eigenvalue weighted by Gasteiger charge is -2.13. The summed E-state index contributed by atoms with van der Waals surface area (Å²) < 4.78 is 0. The van der Waals surface area contributed by atoms with Gasteiger partial charge < -0.3 is 10.4 Å². The summed E-state index contributed by atoms with van der Waals surface area (Å²) in [6.07, 6.45) is 1.33. The summed E-state index contributed by atoms with van der Waals surface area (Å²) in [7, 11) is 0. The molecule has 1 atom stereocenters. The van der Waals surface area contributed by atoms with Crippen molar-refractivity contribution in [1.29, 1.82) is 0 Å². The molecule has 0 aliphatic carbocycles. The molecule has 0 bridgehead atoms. The maximum atomic E-state index is 12.1. The summed E-state index contributed by atoms with van der Waals surface area (Å²) in [5.41, 5.74) is 0.833. The molecule has 2 aromatic rings. The molecule has 20 heavy (non-hydrogen) atoms. The van der Waals surface area contributed by atoms with E-state index in [2.05, 4.69) is 10.3 Å². The summed E-state index contributed by atoms with van der Waals surface area (Å²) in [6, 6.07) is 3.83. The topological polar surface area (TPSA) is 79.3 Å². The second-order valence-electron chi connectivity index (χ2n) is 4.07. The summed E-state index contributed by atoms with van der Waals surface area (Å²) >= 11 is 7.23. The number of halogens is 1. The van der Waals surface area contributed by atoms with Crippen LogP contribution in [-0.4, -0.2) is 22.0 Å². The maximum absolute atomic E-state index is 12.1. The number of carboxylic acids is 1. The van der Waals surface area contributed by atoms with Crippen molar-refractivity contribution in [2.45, 2.75) is 13.0 Å². The lowest BCUT2D eigenvalue weighted by molar-refractivity contribution is -0.139.